The average molecular weight is 314 g/mol. The number of hydrogen-bond donors (Lipinski definition) is 0. The van der Waals surface area contributed by atoms with Gasteiger partial charge in [-0.2, -0.15) is 0 Å². The predicted octanol–water partition coefficient (Wildman–Crippen LogP) is 3.60. The SMILES string of the molecule is C.C.C.Cl[C]1C=C=C(Cl)C=N1.[Sn]. The summed E-state index contributed by atoms with van der Waals surface area (Å²) in [6.07, 6.45) is 2.97. The molecule has 0 aliphatic carbocycles. The maximum Gasteiger partial charge on any atom is 0.202 e. The maximum atomic E-state index is 5.43. The molecule has 0 saturated carbocycles. The van der Waals surface area contributed by atoms with E-state index in [2.05, 4.69) is 10.7 Å². The van der Waals surface area contributed by atoms with Crippen LogP contribution in [-0.4, -0.2) is 30.1 Å². The van der Waals surface area contributed by atoms with Crippen molar-refractivity contribution < 1.29 is 0 Å². The molecule has 1 heterocycles. The Labute approximate surface area is 103 Å². The minimum absolute atomic E-state index is 0. The smallest absolute Gasteiger partial charge is 0.202 e. The van der Waals surface area contributed by atoms with Crippen LogP contribution in [0.5, 0.6) is 0 Å². The molecule has 0 N–H and O–H groups in total. The van der Waals surface area contributed by atoms with Crippen LogP contribution in [0.4, 0.5) is 0 Å². The van der Waals surface area contributed by atoms with Gasteiger partial charge in [0.25, 0.3) is 0 Å². The summed E-state index contributed by atoms with van der Waals surface area (Å²) in [4.78, 5) is 3.68. The van der Waals surface area contributed by atoms with E-state index in [0.717, 1.165) is 0 Å². The molecule has 0 fully saturated rings. The molecule has 1 aliphatic heterocycles. The molecule has 0 bridgehead atoms. The van der Waals surface area contributed by atoms with Crippen molar-refractivity contribution in [3.8, 4) is 0 Å². The number of nitrogens with zero attached hydrogens (tertiary/aromatic N) is 1. The zero-order valence-electron chi connectivity index (χ0n) is 4.36. The van der Waals surface area contributed by atoms with Gasteiger partial charge in [0, 0.05) is 30.0 Å². The Bertz CT molecular complexity index is 183. The molecule has 0 amide bonds. The molecule has 12 heavy (non-hydrogen) atoms. The number of hydrogen-bond acceptors (Lipinski definition) is 1. The second-order valence-electron chi connectivity index (χ2n) is 1.22. The molecule has 5 radical (unpaired) electrons. The Balaban J connectivity index is -0.0000000800. The van der Waals surface area contributed by atoms with Gasteiger partial charge >= 0.3 is 0 Å². The van der Waals surface area contributed by atoms with Gasteiger partial charge in [0.1, 0.15) is 5.03 Å². The molecule has 1 aliphatic rings. The third kappa shape index (κ3) is 8.66. The Kier molecular flexibility index (Phi) is 22.1. The number of halogens is 2. The van der Waals surface area contributed by atoms with Crippen molar-refractivity contribution in [2.45, 2.75) is 22.3 Å². The van der Waals surface area contributed by atoms with Crippen LogP contribution in [0.1, 0.15) is 22.3 Å². The third-order valence-electron chi connectivity index (χ3n) is 0.630. The van der Waals surface area contributed by atoms with Crippen molar-refractivity contribution in [3.05, 3.63) is 22.3 Å². The van der Waals surface area contributed by atoms with E-state index in [4.69, 9.17) is 23.2 Å². The molecule has 1 nitrogen and oxygen atoms in total. The van der Waals surface area contributed by atoms with Crippen LogP contribution in [0.15, 0.2) is 21.8 Å². The fourth-order valence-electron chi connectivity index (χ4n) is 0.321. The summed E-state index contributed by atoms with van der Waals surface area (Å²) in [5.74, 6) is 0. The summed E-state index contributed by atoms with van der Waals surface area (Å²) in [5.41, 5.74) is 3.08. The van der Waals surface area contributed by atoms with Crippen molar-refractivity contribution >= 4 is 53.3 Å². The fourth-order valence-corrected chi connectivity index (χ4v) is 0.528. The van der Waals surface area contributed by atoms with Crippen LogP contribution in [0.2, 0.25) is 0 Å². The first kappa shape index (κ1) is 22.9. The van der Waals surface area contributed by atoms with E-state index in [9.17, 15) is 0 Å². The van der Waals surface area contributed by atoms with E-state index >= 15 is 0 Å². The molecule has 0 aromatic rings. The fraction of sp³-hybridized carbons (Fsp3) is 0.375. The van der Waals surface area contributed by atoms with Crippen LogP contribution in [0, 0.1) is 5.50 Å². The minimum atomic E-state index is 0. The van der Waals surface area contributed by atoms with Gasteiger partial charge in [-0.05, 0) is 0 Å². The van der Waals surface area contributed by atoms with Gasteiger partial charge in [0.15, 0.2) is 0 Å². The van der Waals surface area contributed by atoms with Gasteiger partial charge in [0.2, 0.25) is 5.50 Å². The molecule has 69 valence electrons. The summed E-state index contributed by atoms with van der Waals surface area (Å²) in [6, 6.07) is 0. The first-order valence-corrected chi connectivity index (χ1v) is 2.73. The van der Waals surface area contributed by atoms with Gasteiger partial charge in [-0.3, -0.25) is 4.99 Å². The first-order valence-electron chi connectivity index (χ1n) is 1.98. The van der Waals surface area contributed by atoms with E-state index in [0.29, 0.717) is 10.5 Å². The molecule has 0 aromatic heterocycles. The average Bonchev–Trinajstić information content (AvgIpc) is 1.77. The van der Waals surface area contributed by atoms with E-state index in [-0.39, 0.29) is 46.2 Å². The van der Waals surface area contributed by atoms with Crippen molar-refractivity contribution in [3.63, 3.8) is 0 Å². The van der Waals surface area contributed by atoms with Crippen molar-refractivity contribution in [2.24, 2.45) is 4.99 Å². The van der Waals surface area contributed by atoms with Crippen molar-refractivity contribution in [1.82, 2.24) is 0 Å². The van der Waals surface area contributed by atoms with Crippen LogP contribution in [0.3, 0.4) is 0 Å². The van der Waals surface area contributed by atoms with E-state index in [1.54, 1.807) is 0 Å². The molecule has 0 aromatic carbocycles. The number of rotatable bonds is 0. The molecular formula is C8H14Cl2NSn. The third-order valence-corrected chi connectivity index (χ3v) is 1.04. The largest absolute Gasteiger partial charge is 0.259 e. The summed E-state index contributed by atoms with van der Waals surface area (Å²) >= 11 is 10.8. The van der Waals surface area contributed by atoms with Crippen LogP contribution in [0.25, 0.3) is 0 Å². The Hall–Kier alpha value is 0.569. The molecular weight excluding hydrogens is 300 g/mol. The molecule has 0 atom stereocenters. The van der Waals surface area contributed by atoms with Crippen LogP contribution in [-0.2, 0) is 0 Å². The minimum Gasteiger partial charge on any atom is -0.259 e. The second kappa shape index (κ2) is 11.6. The quantitative estimate of drug-likeness (QED) is 0.368. The Morgan fingerprint density at radius 3 is 1.92 bits per heavy atom. The van der Waals surface area contributed by atoms with Gasteiger partial charge < -0.3 is 0 Å². The topological polar surface area (TPSA) is 12.4 Å². The normalized spacial score (nSPS) is 12.7. The van der Waals surface area contributed by atoms with Gasteiger partial charge in [-0.25, -0.2) is 0 Å². The molecule has 4 heteroatoms. The first-order chi connectivity index (χ1) is 3.79. The van der Waals surface area contributed by atoms with Crippen LogP contribution < -0.4 is 0 Å². The van der Waals surface area contributed by atoms with Gasteiger partial charge in [-0.1, -0.05) is 51.2 Å². The maximum absolute atomic E-state index is 5.43. The van der Waals surface area contributed by atoms with Crippen LogP contribution >= 0.6 is 23.2 Å². The molecule has 0 spiro atoms. The monoisotopic (exact) mass is 314 g/mol. The van der Waals surface area contributed by atoms with Crippen molar-refractivity contribution in [2.75, 3.05) is 0 Å². The molecule has 0 saturated heterocycles. The predicted molar refractivity (Wildman–Crippen MR) is 61.0 cm³/mol. The molecule has 1 rings (SSSR count). The number of aliphatic imine (C=N–C) groups is 1. The summed E-state index contributed by atoms with van der Waals surface area (Å²) in [5, 5.41) is 0.481. The molecule has 0 unspecified atom stereocenters. The van der Waals surface area contributed by atoms with Gasteiger partial charge in [-0.15, -0.1) is 0 Å². The summed E-state index contributed by atoms with van der Waals surface area (Å²) in [6.45, 7) is 0. The Morgan fingerprint density at radius 2 is 1.67 bits per heavy atom. The van der Waals surface area contributed by atoms with Crippen molar-refractivity contribution in [1.29, 1.82) is 0 Å². The van der Waals surface area contributed by atoms with E-state index < -0.39 is 0 Å². The zero-order valence-corrected chi connectivity index (χ0v) is 8.72. The summed E-state index contributed by atoms with van der Waals surface area (Å²) < 4.78 is 0. The van der Waals surface area contributed by atoms with E-state index in [1.807, 2.05) is 0 Å². The summed E-state index contributed by atoms with van der Waals surface area (Å²) in [7, 11) is 0. The Morgan fingerprint density at radius 1 is 1.17 bits per heavy atom. The standard InChI is InChI=1S/C5H2Cl2N.3CH4.Sn/c6-4-1-2-5(7)8-3-4;;;;/h2-3H;3*1H4;. The second-order valence-corrected chi connectivity index (χ2v) is 2.01. The van der Waals surface area contributed by atoms with E-state index in [1.165, 1.54) is 12.3 Å². The van der Waals surface area contributed by atoms with Gasteiger partial charge in [0.05, 0.1) is 6.21 Å². The zero-order chi connectivity index (χ0) is 5.98.